The molecule has 0 unspecified atom stereocenters. The van der Waals surface area contributed by atoms with Gasteiger partial charge in [-0.15, -0.1) is 0 Å². The molecule has 2 rings (SSSR count). The molecule has 25 heavy (non-hydrogen) atoms. The average Bonchev–Trinajstić information content (AvgIpc) is 2.55. The second kappa shape index (κ2) is 8.48. The Hall–Kier alpha value is -1.88. The van der Waals surface area contributed by atoms with E-state index < -0.39 is 5.60 Å². The van der Waals surface area contributed by atoms with Gasteiger partial charge in [0, 0.05) is 12.1 Å². The number of benzene rings is 1. The molecule has 0 aromatic heterocycles. The van der Waals surface area contributed by atoms with Crippen molar-refractivity contribution in [2.75, 3.05) is 26.2 Å². The van der Waals surface area contributed by atoms with Gasteiger partial charge in [-0.2, -0.15) is 0 Å². The van der Waals surface area contributed by atoms with E-state index in [0.29, 0.717) is 12.2 Å². The van der Waals surface area contributed by atoms with Gasteiger partial charge in [-0.3, -0.25) is 14.5 Å². The number of piperidine rings is 1. The fourth-order valence-corrected chi connectivity index (χ4v) is 2.91. The molecule has 0 atom stereocenters. The monoisotopic (exact) mass is 347 g/mol. The van der Waals surface area contributed by atoms with Crippen molar-refractivity contribution < 1.29 is 19.1 Å². The topological polar surface area (TPSA) is 55.8 Å². The SMILES string of the molecule is Cc1ccc(OCCN2CCC(C(=O)OC(C)(C)C)CC2)cc1C=O. The molecule has 1 fully saturated rings. The van der Waals surface area contributed by atoms with Crippen LogP contribution in [0.1, 0.15) is 49.5 Å². The Kier molecular flexibility index (Phi) is 6.59. The molecule has 1 heterocycles. The quantitative estimate of drug-likeness (QED) is 0.584. The van der Waals surface area contributed by atoms with E-state index in [-0.39, 0.29) is 11.9 Å². The van der Waals surface area contributed by atoms with Crippen LogP contribution in [0.4, 0.5) is 0 Å². The zero-order chi connectivity index (χ0) is 18.4. The van der Waals surface area contributed by atoms with Gasteiger partial charge in [-0.1, -0.05) is 6.07 Å². The van der Waals surface area contributed by atoms with Gasteiger partial charge < -0.3 is 9.47 Å². The van der Waals surface area contributed by atoms with Crippen LogP contribution in [0.15, 0.2) is 18.2 Å². The van der Waals surface area contributed by atoms with Crippen molar-refractivity contribution in [3.05, 3.63) is 29.3 Å². The van der Waals surface area contributed by atoms with Gasteiger partial charge >= 0.3 is 5.97 Å². The van der Waals surface area contributed by atoms with E-state index in [0.717, 1.165) is 50.1 Å². The molecule has 0 bridgehead atoms. The molecule has 0 N–H and O–H groups in total. The van der Waals surface area contributed by atoms with Crippen LogP contribution >= 0.6 is 0 Å². The molecular weight excluding hydrogens is 318 g/mol. The van der Waals surface area contributed by atoms with Crippen LogP contribution in [0.25, 0.3) is 0 Å². The highest BCUT2D eigenvalue weighted by Crippen LogP contribution is 2.21. The second-order valence-electron chi connectivity index (χ2n) is 7.63. The largest absolute Gasteiger partial charge is 0.492 e. The van der Waals surface area contributed by atoms with Crippen molar-refractivity contribution in [2.45, 2.75) is 46.1 Å². The molecule has 0 saturated carbocycles. The highest BCUT2D eigenvalue weighted by molar-refractivity contribution is 5.77. The molecule has 1 saturated heterocycles. The number of nitrogens with zero attached hydrogens (tertiary/aromatic N) is 1. The highest BCUT2D eigenvalue weighted by atomic mass is 16.6. The summed E-state index contributed by atoms with van der Waals surface area (Å²) in [4.78, 5) is 25.4. The minimum absolute atomic E-state index is 0.00337. The van der Waals surface area contributed by atoms with Gasteiger partial charge in [0.15, 0.2) is 0 Å². The summed E-state index contributed by atoms with van der Waals surface area (Å²) in [6.07, 6.45) is 2.51. The summed E-state index contributed by atoms with van der Waals surface area (Å²) < 4.78 is 11.2. The fourth-order valence-electron chi connectivity index (χ4n) is 2.91. The third kappa shape index (κ3) is 6.16. The minimum atomic E-state index is -0.420. The number of carbonyl (C=O) groups excluding carboxylic acids is 2. The summed E-state index contributed by atoms with van der Waals surface area (Å²) in [5, 5.41) is 0. The number of hydrogen-bond acceptors (Lipinski definition) is 5. The predicted molar refractivity (Wildman–Crippen MR) is 97.1 cm³/mol. The Balaban J connectivity index is 1.72. The summed E-state index contributed by atoms with van der Waals surface area (Å²) in [6, 6.07) is 5.56. The molecule has 5 heteroatoms. The molecule has 1 aromatic rings. The Labute approximate surface area is 150 Å². The lowest BCUT2D eigenvalue weighted by Gasteiger charge is -2.32. The van der Waals surface area contributed by atoms with E-state index in [1.165, 1.54) is 0 Å². The zero-order valence-corrected chi connectivity index (χ0v) is 15.7. The van der Waals surface area contributed by atoms with E-state index >= 15 is 0 Å². The minimum Gasteiger partial charge on any atom is -0.492 e. The Morgan fingerprint density at radius 1 is 1.28 bits per heavy atom. The molecule has 1 aliphatic rings. The molecule has 1 aromatic carbocycles. The van der Waals surface area contributed by atoms with Crippen molar-refractivity contribution in [3.63, 3.8) is 0 Å². The van der Waals surface area contributed by atoms with E-state index in [1.807, 2.05) is 39.8 Å². The van der Waals surface area contributed by atoms with Gasteiger partial charge in [0.2, 0.25) is 0 Å². The molecule has 0 amide bonds. The lowest BCUT2D eigenvalue weighted by atomic mass is 9.96. The van der Waals surface area contributed by atoms with Crippen molar-refractivity contribution in [2.24, 2.45) is 5.92 Å². The Morgan fingerprint density at radius 2 is 1.96 bits per heavy atom. The Morgan fingerprint density at radius 3 is 2.56 bits per heavy atom. The summed E-state index contributed by atoms with van der Waals surface area (Å²) in [6.45, 7) is 10.7. The van der Waals surface area contributed by atoms with Crippen LogP contribution in [0.2, 0.25) is 0 Å². The van der Waals surface area contributed by atoms with E-state index in [2.05, 4.69) is 4.90 Å². The van der Waals surface area contributed by atoms with Crippen molar-refractivity contribution in [3.8, 4) is 5.75 Å². The van der Waals surface area contributed by atoms with E-state index in [4.69, 9.17) is 9.47 Å². The molecule has 138 valence electrons. The number of aldehydes is 1. The van der Waals surface area contributed by atoms with Crippen LogP contribution in [-0.4, -0.2) is 49.0 Å². The second-order valence-corrected chi connectivity index (χ2v) is 7.63. The van der Waals surface area contributed by atoms with Crippen molar-refractivity contribution >= 4 is 12.3 Å². The van der Waals surface area contributed by atoms with Gasteiger partial charge in [-0.05, 0) is 71.3 Å². The van der Waals surface area contributed by atoms with Crippen molar-refractivity contribution in [1.29, 1.82) is 0 Å². The first-order valence-electron chi connectivity index (χ1n) is 8.92. The van der Waals surface area contributed by atoms with Crippen LogP contribution in [-0.2, 0) is 9.53 Å². The van der Waals surface area contributed by atoms with Crippen LogP contribution in [0.3, 0.4) is 0 Å². The first-order chi connectivity index (χ1) is 11.8. The number of likely N-dealkylation sites (tertiary alicyclic amines) is 1. The fraction of sp³-hybridized carbons (Fsp3) is 0.600. The van der Waals surface area contributed by atoms with Crippen LogP contribution in [0, 0.1) is 12.8 Å². The summed E-state index contributed by atoms with van der Waals surface area (Å²) in [7, 11) is 0. The molecule has 0 radical (unpaired) electrons. The number of rotatable bonds is 6. The smallest absolute Gasteiger partial charge is 0.309 e. The van der Waals surface area contributed by atoms with Crippen molar-refractivity contribution in [1.82, 2.24) is 4.90 Å². The summed E-state index contributed by atoms with van der Waals surface area (Å²) in [5.41, 5.74) is 1.19. The van der Waals surface area contributed by atoms with Crippen LogP contribution in [0.5, 0.6) is 5.75 Å². The maximum Gasteiger partial charge on any atom is 0.309 e. The maximum absolute atomic E-state index is 12.1. The highest BCUT2D eigenvalue weighted by Gasteiger charge is 2.28. The van der Waals surface area contributed by atoms with Gasteiger partial charge in [0.1, 0.15) is 24.2 Å². The predicted octanol–water partition coefficient (Wildman–Crippen LogP) is 3.24. The number of ether oxygens (including phenoxy) is 2. The van der Waals surface area contributed by atoms with Gasteiger partial charge in [0.05, 0.1) is 5.92 Å². The van der Waals surface area contributed by atoms with Gasteiger partial charge in [-0.25, -0.2) is 0 Å². The van der Waals surface area contributed by atoms with E-state index in [9.17, 15) is 9.59 Å². The third-order valence-corrected chi connectivity index (χ3v) is 4.38. The number of esters is 1. The summed E-state index contributed by atoms with van der Waals surface area (Å²) in [5.74, 6) is 0.643. The normalized spacial score (nSPS) is 16.5. The number of hydrogen-bond donors (Lipinski definition) is 0. The molecule has 0 spiro atoms. The lowest BCUT2D eigenvalue weighted by molar-refractivity contribution is -0.161. The molecular formula is C20H29NO4. The Bertz CT molecular complexity index is 598. The third-order valence-electron chi connectivity index (χ3n) is 4.38. The molecule has 0 aliphatic carbocycles. The zero-order valence-electron chi connectivity index (χ0n) is 15.7. The molecule has 1 aliphatic heterocycles. The van der Waals surface area contributed by atoms with Gasteiger partial charge in [0.25, 0.3) is 0 Å². The number of aryl methyl sites for hydroxylation is 1. The lowest BCUT2D eigenvalue weighted by Crippen LogP contribution is -2.40. The summed E-state index contributed by atoms with van der Waals surface area (Å²) >= 11 is 0. The van der Waals surface area contributed by atoms with E-state index in [1.54, 1.807) is 6.07 Å². The first kappa shape index (κ1) is 19.4. The number of carbonyl (C=O) groups is 2. The average molecular weight is 347 g/mol. The molecule has 5 nitrogen and oxygen atoms in total. The standard InChI is InChI=1S/C20H29NO4/c1-15-5-6-18(13-17(15)14-22)24-12-11-21-9-7-16(8-10-21)19(23)25-20(2,3)4/h5-6,13-14,16H,7-12H2,1-4H3. The first-order valence-corrected chi connectivity index (χ1v) is 8.92. The van der Waals surface area contributed by atoms with Crippen LogP contribution < -0.4 is 4.74 Å². The maximum atomic E-state index is 12.1.